The molecule has 0 aromatic carbocycles. The molecule has 1 amide bonds. The molecule has 6 heteroatoms. The number of carbonyl (C=O) groups excluding carboxylic acids is 1. The summed E-state index contributed by atoms with van der Waals surface area (Å²) >= 11 is 0. The molecule has 0 bridgehead atoms. The molecule has 0 radical (unpaired) electrons. The minimum Gasteiger partial charge on any atom is -0.390 e. The first kappa shape index (κ1) is 13.6. The molecule has 0 fully saturated rings. The summed E-state index contributed by atoms with van der Waals surface area (Å²) in [6, 6.07) is 3.26. The molecule has 0 aliphatic heterocycles. The smallest absolute Gasteiger partial charge is 0.287 e. The summed E-state index contributed by atoms with van der Waals surface area (Å²) in [5.41, 5.74) is 0.348. The quantitative estimate of drug-likeness (QED) is 0.793. The molecule has 0 atom stereocenters. The maximum atomic E-state index is 12.7. The molecule has 2 N–H and O–H groups in total. The van der Waals surface area contributed by atoms with Crippen LogP contribution < -0.4 is 5.32 Å². The third-order valence-corrected chi connectivity index (χ3v) is 2.27. The predicted molar refractivity (Wildman–Crippen MR) is 59.1 cm³/mol. The van der Waals surface area contributed by atoms with Crippen LogP contribution in [0.3, 0.4) is 0 Å². The molecule has 4 nitrogen and oxygen atoms in total. The second-order valence-corrected chi connectivity index (χ2v) is 3.78. The molecular weight excluding hydrogens is 230 g/mol. The standard InChI is InChI=1S/C11H16F2N2O2/c1-2-5-15-6-3-4-9(15)10(17)14-7-11(12,13)8-16/h3-4,6,16H,2,5,7-8H2,1H3,(H,14,17). The van der Waals surface area contributed by atoms with Gasteiger partial charge in [0.05, 0.1) is 6.54 Å². The molecule has 0 saturated carbocycles. The van der Waals surface area contributed by atoms with Gasteiger partial charge in [-0.15, -0.1) is 0 Å². The molecule has 0 spiro atoms. The van der Waals surface area contributed by atoms with E-state index in [2.05, 4.69) is 5.32 Å². The zero-order chi connectivity index (χ0) is 12.9. The van der Waals surface area contributed by atoms with Crippen LogP contribution in [0.1, 0.15) is 23.8 Å². The number of aliphatic hydroxyl groups excluding tert-OH is 1. The second kappa shape index (κ2) is 5.77. The summed E-state index contributed by atoms with van der Waals surface area (Å²) < 4.78 is 27.2. The third-order valence-electron chi connectivity index (χ3n) is 2.27. The maximum absolute atomic E-state index is 12.7. The second-order valence-electron chi connectivity index (χ2n) is 3.78. The number of amides is 1. The Bertz CT molecular complexity index is 377. The average Bonchev–Trinajstić information content (AvgIpc) is 2.75. The normalized spacial score (nSPS) is 11.5. The van der Waals surface area contributed by atoms with E-state index in [1.165, 1.54) is 0 Å². The van der Waals surface area contributed by atoms with Crippen molar-refractivity contribution in [3.8, 4) is 0 Å². The summed E-state index contributed by atoms with van der Waals surface area (Å²) in [4.78, 5) is 11.6. The highest BCUT2D eigenvalue weighted by molar-refractivity contribution is 5.92. The first-order chi connectivity index (χ1) is 8.00. The number of aromatic nitrogens is 1. The van der Waals surface area contributed by atoms with Crippen molar-refractivity contribution < 1.29 is 18.7 Å². The van der Waals surface area contributed by atoms with Gasteiger partial charge in [0, 0.05) is 12.7 Å². The number of nitrogens with zero attached hydrogens (tertiary/aromatic N) is 1. The molecule has 1 aromatic heterocycles. The Morgan fingerprint density at radius 1 is 1.59 bits per heavy atom. The highest BCUT2D eigenvalue weighted by Crippen LogP contribution is 2.10. The maximum Gasteiger partial charge on any atom is 0.287 e. The number of rotatable bonds is 6. The molecule has 1 aromatic rings. The lowest BCUT2D eigenvalue weighted by atomic mass is 10.3. The zero-order valence-electron chi connectivity index (χ0n) is 9.62. The molecular formula is C11H16F2N2O2. The molecule has 96 valence electrons. The van der Waals surface area contributed by atoms with Crippen molar-refractivity contribution in [3.05, 3.63) is 24.0 Å². The summed E-state index contributed by atoms with van der Waals surface area (Å²) in [7, 11) is 0. The van der Waals surface area contributed by atoms with E-state index in [1.54, 1.807) is 22.9 Å². The largest absolute Gasteiger partial charge is 0.390 e. The molecule has 0 saturated heterocycles. The fourth-order valence-electron chi connectivity index (χ4n) is 1.41. The monoisotopic (exact) mass is 246 g/mol. The number of aryl methyl sites for hydroxylation is 1. The van der Waals surface area contributed by atoms with E-state index in [0.29, 0.717) is 12.2 Å². The van der Waals surface area contributed by atoms with Gasteiger partial charge in [0.15, 0.2) is 0 Å². The summed E-state index contributed by atoms with van der Waals surface area (Å²) in [5.74, 6) is -3.84. The van der Waals surface area contributed by atoms with Crippen LogP contribution in [-0.4, -0.2) is 34.7 Å². The van der Waals surface area contributed by atoms with Crippen LogP contribution in [-0.2, 0) is 6.54 Å². The number of nitrogens with one attached hydrogen (secondary N) is 1. The highest BCUT2D eigenvalue weighted by Gasteiger charge is 2.28. The van der Waals surface area contributed by atoms with Crippen molar-refractivity contribution in [3.63, 3.8) is 0 Å². The number of alkyl halides is 2. The van der Waals surface area contributed by atoms with E-state index in [1.807, 2.05) is 6.92 Å². The van der Waals surface area contributed by atoms with Gasteiger partial charge >= 0.3 is 0 Å². The minimum absolute atomic E-state index is 0.348. The van der Waals surface area contributed by atoms with Crippen LogP contribution in [0.15, 0.2) is 18.3 Å². The highest BCUT2D eigenvalue weighted by atomic mass is 19.3. The van der Waals surface area contributed by atoms with E-state index in [4.69, 9.17) is 5.11 Å². The SMILES string of the molecule is CCCn1cccc1C(=O)NCC(F)(F)CO. The van der Waals surface area contributed by atoms with Gasteiger partial charge in [-0.3, -0.25) is 4.79 Å². The van der Waals surface area contributed by atoms with Crippen molar-refractivity contribution in [2.24, 2.45) is 0 Å². The van der Waals surface area contributed by atoms with Crippen molar-refractivity contribution in [1.29, 1.82) is 0 Å². The van der Waals surface area contributed by atoms with Gasteiger partial charge < -0.3 is 15.0 Å². The first-order valence-corrected chi connectivity index (χ1v) is 5.42. The summed E-state index contributed by atoms with van der Waals surface area (Å²) in [5, 5.41) is 10.5. The van der Waals surface area contributed by atoms with Crippen LogP contribution in [0.4, 0.5) is 8.78 Å². The molecule has 0 aliphatic carbocycles. The van der Waals surface area contributed by atoms with Crippen LogP contribution in [0, 0.1) is 0 Å². The number of hydrogen-bond acceptors (Lipinski definition) is 2. The summed E-state index contributed by atoms with van der Waals surface area (Å²) in [6.07, 6.45) is 2.57. The van der Waals surface area contributed by atoms with Crippen LogP contribution in [0.5, 0.6) is 0 Å². The van der Waals surface area contributed by atoms with Crippen LogP contribution >= 0.6 is 0 Å². The number of halogens is 2. The van der Waals surface area contributed by atoms with Gasteiger partial charge in [-0.2, -0.15) is 0 Å². The van der Waals surface area contributed by atoms with Crippen molar-refractivity contribution in [2.75, 3.05) is 13.2 Å². The van der Waals surface area contributed by atoms with Crippen molar-refractivity contribution in [2.45, 2.75) is 25.8 Å². The van der Waals surface area contributed by atoms with E-state index in [9.17, 15) is 13.6 Å². The van der Waals surface area contributed by atoms with E-state index in [0.717, 1.165) is 6.42 Å². The third kappa shape index (κ3) is 3.81. The van der Waals surface area contributed by atoms with Gasteiger partial charge in [-0.1, -0.05) is 6.92 Å². The Kier molecular flexibility index (Phi) is 4.62. The van der Waals surface area contributed by atoms with E-state index >= 15 is 0 Å². The fourth-order valence-corrected chi connectivity index (χ4v) is 1.41. The number of carbonyl (C=O) groups is 1. The van der Waals surface area contributed by atoms with Gasteiger partial charge in [0.2, 0.25) is 0 Å². The topological polar surface area (TPSA) is 54.3 Å². The lowest BCUT2D eigenvalue weighted by Crippen LogP contribution is -2.39. The Morgan fingerprint density at radius 2 is 2.29 bits per heavy atom. The van der Waals surface area contributed by atoms with E-state index < -0.39 is 25.0 Å². The lowest BCUT2D eigenvalue weighted by molar-refractivity contribution is -0.0462. The Balaban J connectivity index is 2.61. The first-order valence-electron chi connectivity index (χ1n) is 5.42. The van der Waals surface area contributed by atoms with Gasteiger partial charge in [-0.05, 0) is 18.6 Å². The Labute approximate surface area is 98.2 Å². The predicted octanol–water partition coefficient (Wildman–Crippen LogP) is 1.26. The lowest BCUT2D eigenvalue weighted by Gasteiger charge is -2.14. The van der Waals surface area contributed by atoms with Gasteiger partial charge in [-0.25, -0.2) is 8.78 Å². The number of aliphatic hydroxyl groups is 1. The van der Waals surface area contributed by atoms with Gasteiger partial charge in [0.25, 0.3) is 11.8 Å². The van der Waals surface area contributed by atoms with Crippen molar-refractivity contribution in [1.82, 2.24) is 9.88 Å². The molecule has 1 heterocycles. The van der Waals surface area contributed by atoms with E-state index in [-0.39, 0.29) is 0 Å². The average molecular weight is 246 g/mol. The van der Waals surface area contributed by atoms with Crippen molar-refractivity contribution >= 4 is 5.91 Å². The van der Waals surface area contributed by atoms with Gasteiger partial charge in [0.1, 0.15) is 12.3 Å². The van der Waals surface area contributed by atoms with Crippen LogP contribution in [0.2, 0.25) is 0 Å². The summed E-state index contributed by atoms with van der Waals surface area (Å²) in [6.45, 7) is 0.483. The molecule has 0 aliphatic rings. The fraction of sp³-hybridized carbons (Fsp3) is 0.545. The molecule has 1 rings (SSSR count). The zero-order valence-corrected chi connectivity index (χ0v) is 9.62. The Hall–Kier alpha value is -1.43. The molecule has 17 heavy (non-hydrogen) atoms. The Morgan fingerprint density at radius 3 is 2.88 bits per heavy atom. The van der Waals surface area contributed by atoms with Crippen LogP contribution in [0.25, 0.3) is 0 Å². The minimum atomic E-state index is -3.28. The molecule has 0 unspecified atom stereocenters. The number of hydrogen-bond donors (Lipinski definition) is 2.